The zero-order valence-corrected chi connectivity index (χ0v) is 8.90. The van der Waals surface area contributed by atoms with E-state index in [9.17, 15) is 9.59 Å². The zero-order valence-electron chi connectivity index (χ0n) is 8.90. The second-order valence-corrected chi connectivity index (χ2v) is 3.93. The van der Waals surface area contributed by atoms with Crippen molar-refractivity contribution in [3.8, 4) is 0 Å². The fourth-order valence-electron chi connectivity index (χ4n) is 1.96. The fourth-order valence-corrected chi connectivity index (χ4v) is 1.96. The Balaban J connectivity index is 1.97. The summed E-state index contributed by atoms with van der Waals surface area (Å²) >= 11 is 0. The second kappa shape index (κ2) is 3.71. The van der Waals surface area contributed by atoms with Crippen molar-refractivity contribution in [2.75, 3.05) is 6.61 Å². The van der Waals surface area contributed by atoms with Gasteiger partial charge >= 0.3 is 0 Å². The van der Waals surface area contributed by atoms with Gasteiger partial charge in [0, 0.05) is 11.7 Å². The van der Waals surface area contributed by atoms with E-state index >= 15 is 0 Å². The third-order valence-electron chi connectivity index (χ3n) is 2.76. The average molecular weight is 230 g/mol. The summed E-state index contributed by atoms with van der Waals surface area (Å²) in [6.07, 6.45) is 1.13. The van der Waals surface area contributed by atoms with E-state index < -0.39 is 17.9 Å². The van der Waals surface area contributed by atoms with Crippen LogP contribution in [0.2, 0.25) is 0 Å². The van der Waals surface area contributed by atoms with Crippen LogP contribution in [0.1, 0.15) is 11.7 Å². The fraction of sp³-hybridized carbons (Fsp3) is 0.167. The van der Waals surface area contributed by atoms with Crippen molar-refractivity contribution in [1.29, 1.82) is 0 Å². The number of rotatable bonds is 1. The maximum atomic E-state index is 11.6. The summed E-state index contributed by atoms with van der Waals surface area (Å²) in [5, 5.41) is 3.27. The van der Waals surface area contributed by atoms with Gasteiger partial charge in [-0.3, -0.25) is 14.9 Å². The Kier molecular flexibility index (Phi) is 2.19. The zero-order chi connectivity index (χ0) is 11.8. The number of ether oxygens (including phenoxy) is 1. The third-order valence-corrected chi connectivity index (χ3v) is 2.76. The van der Waals surface area contributed by atoms with Gasteiger partial charge in [0.15, 0.2) is 6.10 Å². The summed E-state index contributed by atoms with van der Waals surface area (Å²) in [6, 6.07) is 7.51. The first kappa shape index (κ1) is 10.0. The molecule has 5 heteroatoms. The van der Waals surface area contributed by atoms with Crippen molar-refractivity contribution in [3.05, 3.63) is 36.0 Å². The molecule has 5 nitrogen and oxygen atoms in total. The molecule has 1 fully saturated rings. The Morgan fingerprint density at radius 1 is 1.24 bits per heavy atom. The number of nitrogens with one attached hydrogen (secondary N) is 2. The minimum absolute atomic E-state index is 0.0818. The van der Waals surface area contributed by atoms with E-state index in [0.717, 1.165) is 16.5 Å². The first-order chi connectivity index (χ1) is 8.24. The number of morpholine rings is 1. The molecular weight excluding hydrogens is 220 g/mol. The minimum atomic E-state index is -0.702. The van der Waals surface area contributed by atoms with Crippen LogP contribution >= 0.6 is 0 Å². The lowest BCUT2D eigenvalue weighted by Crippen LogP contribution is -2.43. The minimum Gasteiger partial charge on any atom is -0.361 e. The Hall–Kier alpha value is -2.14. The topological polar surface area (TPSA) is 71.2 Å². The summed E-state index contributed by atoms with van der Waals surface area (Å²) in [6.45, 7) is -0.0818. The summed E-state index contributed by atoms with van der Waals surface area (Å²) < 4.78 is 5.24. The maximum Gasteiger partial charge on any atom is 0.260 e. The molecule has 2 heterocycles. The van der Waals surface area contributed by atoms with Gasteiger partial charge in [-0.1, -0.05) is 6.07 Å². The van der Waals surface area contributed by atoms with Crippen molar-refractivity contribution >= 4 is 22.7 Å². The van der Waals surface area contributed by atoms with Gasteiger partial charge in [-0.15, -0.1) is 0 Å². The van der Waals surface area contributed by atoms with E-state index in [1.165, 1.54) is 0 Å². The first-order valence-electron chi connectivity index (χ1n) is 5.26. The lowest BCUT2D eigenvalue weighted by Gasteiger charge is -2.21. The van der Waals surface area contributed by atoms with Gasteiger partial charge in [0.1, 0.15) is 6.61 Å². The van der Waals surface area contributed by atoms with E-state index in [1.54, 1.807) is 0 Å². The highest BCUT2D eigenvalue weighted by molar-refractivity contribution is 6.00. The highest BCUT2D eigenvalue weighted by atomic mass is 16.5. The van der Waals surface area contributed by atoms with Crippen LogP contribution in [0, 0.1) is 0 Å². The Bertz CT molecular complexity index is 603. The van der Waals surface area contributed by atoms with Gasteiger partial charge in [0.05, 0.1) is 0 Å². The van der Waals surface area contributed by atoms with E-state index in [2.05, 4.69) is 10.3 Å². The smallest absolute Gasteiger partial charge is 0.260 e. The highest BCUT2D eigenvalue weighted by Crippen LogP contribution is 2.23. The summed E-state index contributed by atoms with van der Waals surface area (Å²) in [5.74, 6) is -0.801. The molecule has 1 aromatic carbocycles. The molecule has 1 aliphatic rings. The Morgan fingerprint density at radius 2 is 2.12 bits per heavy atom. The summed E-state index contributed by atoms with van der Waals surface area (Å²) in [7, 11) is 0. The molecule has 0 spiro atoms. The van der Waals surface area contributed by atoms with E-state index in [1.807, 2.05) is 30.5 Å². The predicted octanol–water partition coefficient (Wildman–Crippen LogP) is 0.882. The van der Waals surface area contributed by atoms with Crippen LogP contribution in [0.5, 0.6) is 0 Å². The van der Waals surface area contributed by atoms with Crippen molar-refractivity contribution in [3.63, 3.8) is 0 Å². The second-order valence-electron chi connectivity index (χ2n) is 3.93. The molecule has 1 unspecified atom stereocenters. The van der Waals surface area contributed by atoms with Crippen molar-refractivity contribution in [2.24, 2.45) is 0 Å². The number of H-pyrrole nitrogens is 1. The summed E-state index contributed by atoms with van der Waals surface area (Å²) in [5.41, 5.74) is 1.75. The van der Waals surface area contributed by atoms with E-state index in [4.69, 9.17) is 4.74 Å². The normalized spacial score (nSPS) is 20.6. The van der Waals surface area contributed by atoms with Crippen molar-refractivity contribution in [1.82, 2.24) is 10.3 Å². The molecule has 0 bridgehead atoms. The van der Waals surface area contributed by atoms with Gasteiger partial charge in [-0.05, 0) is 29.1 Å². The van der Waals surface area contributed by atoms with Crippen LogP contribution in [-0.4, -0.2) is 23.4 Å². The van der Waals surface area contributed by atoms with Crippen LogP contribution in [0.3, 0.4) is 0 Å². The molecule has 17 heavy (non-hydrogen) atoms. The molecule has 3 rings (SSSR count). The van der Waals surface area contributed by atoms with Crippen molar-refractivity contribution in [2.45, 2.75) is 6.10 Å². The molecule has 1 aliphatic heterocycles. The average Bonchev–Trinajstić information content (AvgIpc) is 2.75. The lowest BCUT2D eigenvalue weighted by molar-refractivity contribution is -0.150. The number of fused-ring (bicyclic) bond motifs is 1. The molecule has 1 saturated heterocycles. The van der Waals surface area contributed by atoms with Crippen LogP contribution in [0.15, 0.2) is 30.5 Å². The number of carbonyl (C=O) groups excluding carboxylic acids is 2. The lowest BCUT2D eigenvalue weighted by atomic mass is 10.1. The standard InChI is InChI=1S/C12H10N2O3/c15-10-6-17-11(12(16)14-10)8-1-2-9-7(5-8)3-4-13-9/h1-5,11,13H,6H2,(H,14,15,16). The van der Waals surface area contributed by atoms with Crippen LogP contribution < -0.4 is 5.32 Å². The molecule has 2 N–H and O–H groups in total. The maximum absolute atomic E-state index is 11.6. The number of carbonyl (C=O) groups is 2. The number of hydrogen-bond acceptors (Lipinski definition) is 3. The molecular formula is C12H10N2O3. The van der Waals surface area contributed by atoms with Crippen LogP contribution in [-0.2, 0) is 14.3 Å². The number of imide groups is 1. The number of aromatic amines is 1. The molecule has 2 aromatic rings. The first-order valence-corrected chi connectivity index (χ1v) is 5.26. The number of hydrogen-bond donors (Lipinski definition) is 2. The third kappa shape index (κ3) is 1.70. The molecule has 0 radical (unpaired) electrons. The van der Waals surface area contributed by atoms with Crippen molar-refractivity contribution < 1.29 is 14.3 Å². The SMILES string of the molecule is O=C1COC(c2ccc3[nH]ccc3c2)C(=O)N1. The van der Waals surface area contributed by atoms with Crippen LogP contribution in [0.4, 0.5) is 0 Å². The van der Waals surface area contributed by atoms with Gasteiger partial charge in [-0.25, -0.2) is 0 Å². The van der Waals surface area contributed by atoms with E-state index in [0.29, 0.717) is 0 Å². The highest BCUT2D eigenvalue weighted by Gasteiger charge is 2.28. The van der Waals surface area contributed by atoms with Gasteiger partial charge in [-0.2, -0.15) is 0 Å². The molecule has 0 saturated carbocycles. The van der Waals surface area contributed by atoms with Gasteiger partial charge in [0.25, 0.3) is 11.8 Å². The Labute approximate surface area is 96.8 Å². The van der Waals surface area contributed by atoms with Crippen LogP contribution in [0.25, 0.3) is 10.9 Å². The number of aromatic nitrogens is 1. The predicted molar refractivity (Wildman–Crippen MR) is 60.1 cm³/mol. The largest absolute Gasteiger partial charge is 0.361 e. The quantitative estimate of drug-likeness (QED) is 0.714. The monoisotopic (exact) mass is 230 g/mol. The molecule has 1 aromatic heterocycles. The molecule has 0 aliphatic carbocycles. The molecule has 1 atom stereocenters. The molecule has 2 amide bonds. The van der Waals surface area contributed by atoms with Gasteiger partial charge in [0.2, 0.25) is 0 Å². The number of amides is 2. The number of benzene rings is 1. The Morgan fingerprint density at radius 3 is 2.94 bits per heavy atom. The summed E-state index contributed by atoms with van der Waals surface area (Å²) in [4.78, 5) is 25.6. The van der Waals surface area contributed by atoms with Gasteiger partial charge < -0.3 is 9.72 Å². The molecule has 86 valence electrons. The van der Waals surface area contributed by atoms with E-state index in [-0.39, 0.29) is 6.61 Å².